The minimum Gasteiger partial charge on any atom is -0.378 e. The zero-order valence-electron chi connectivity index (χ0n) is 16.7. The van der Waals surface area contributed by atoms with Gasteiger partial charge in [-0.25, -0.2) is 4.98 Å². The average molecular weight is 412 g/mol. The summed E-state index contributed by atoms with van der Waals surface area (Å²) in [7, 11) is 0. The fourth-order valence-electron chi connectivity index (χ4n) is 3.81. The van der Waals surface area contributed by atoms with Crippen molar-refractivity contribution < 1.29 is 9.53 Å². The molecule has 0 N–H and O–H groups in total. The first-order chi connectivity index (χ1) is 14.2. The summed E-state index contributed by atoms with van der Waals surface area (Å²) in [5.41, 5.74) is 4.53. The number of pyridine rings is 1. The van der Waals surface area contributed by atoms with Crippen molar-refractivity contribution in [3.05, 3.63) is 64.3 Å². The van der Waals surface area contributed by atoms with Crippen molar-refractivity contribution in [2.75, 3.05) is 44.3 Å². The predicted molar refractivity (Wildman–Crippen MR) is 117 cm³/mol. The van der Waals surface area contributed by atoms with Crippen LogP contribution in [0.3, 0.4) is 0 Å². The molecule has 6 heteroatoms. The van der Waals surface area contributed by atoms with Crippen molar-refractivity contribution in [1.29, 1.82) is 0 Å². The molecule has 29 heavy (non-hydrogen) atoms. The number of hydrogen-bond acceptors (Lipinski definition) is 4. The lowest BCUT2D eigenvalue weighted by Crippen LogP contribution is -2.40. The van der Waals surface area contributed by atoms with Crippen LogP contribution in [-0.2, 0) is 11.2 Å². The van der Waals surface area contributed by atoms with Gasteiger partial charge in [-0.1, -0.05) is 48.9 Å². The van der Waals surface area contributed by atoms with Crippen molar-refractivity contribution >= 4 is 28.9 Å². The molecule has 1 aromatic heterocycles. The lowest BCUT2D eigenvalue weighted by molar-refractivity contribution is 0.0302. The Morgan fingerprint density at radius 1 is 1.17 bits per heavy atom. The predicted octanol–water partition coefficient (Wildman–Crippen LogP) is 4.06. The van der Waals surface area contributed by atoms with Crippen molar-refractivity contribution in [1.82, 2.24) is 9.88 Å². The van der Waals surface area contributed by atoms with Crippen LogP contribution in [0.15, 0.2) is 42.6 Å². The summed E-state index contributed by atoms with van der Waals surface area (Å²) in [6.07, 6.45) is 5.89. The van der Waals surface area contributed by atoms with Crippen LogP contribution in [0.5, 0.6) is 0 Å². The van der Waals surface area contributed by atoms with E-state index in [-0.39, 0.29) is 5.91 Å². The topological polar surface area (TPSA) is 45.7 Å². The Morgan fingerprint density at radius 3 is 2.55 bits per heavy atom. The maximum Gasteiger partial charge on any atom is 0.255 e. The molecule has 2 aliphatic rings. The maximum atomic E-state index is 12.6. The number of aryl methyl sites for hydroxylation is 1. The quantitative estimate of drug-likeness (QED) is 0.761. The van der Waals surface area contributed by atoms with Gasteiger partial charge in [-0.05, 0) is 35.6 Å². The highest BCUT2D eigenvalue weighted by molar-refractivity contribution is 6.33. The van der Waals surface area contributed by atoms with Gasteiger partial charge in [-0.3, -0.25) is 4.79 Å². The van der Waals surface area contributed by atoms with E-state index in [1.165, 1.54) is 16.7 Å². The standard InChI is InChI=1S/C23H26ClN3O2/c1-2-17-3-5-18(6-4-17)19-7-9-26(10-8-19)22-21(24)15-20(16-25-22)23(28)27-11-13-29-14-12-27/h3-7,15-16H,2,8-14H2,1H3. The van der Waals surface area contributed by atoms with Crippen LogP contribution in [0.2, 0.25) is 5.02 Å². The van der Waals surface area contributed by atoms with Crippen LogP contribution in [0.4, 0.5) is 5.82 Å². The first-order valence-electron chi connectivity index (χ1n) is 10.2. The summed E-state index contributed by atoms with van der Waals surface area (Å²) in [4.78, 5) is 21.1. The highest BCUT2D eigenvalue weighted by Gasteiger charge is 2.22. The molecule has 1 aromatic carbocycles. The van der Waals surface area contributed by atoms with Crippen LogP contribution in [-0.4, -0.2) is 55.2 Å². The van der Waals surface area contributed by atoms with Gasteiger partial charge in [0.15, 0.2) is 0 Å². The molecule has 0 radical (unpaired) electrons. The maximum absolute atomic E-state index is 12.6. The molecular weight excluding hydrogens is 386 g/mol. The molecule has 3 heterocycles. The van der Waals surface area contributed by atoms with Gasteiger partial charge in [-0.2, -0.15) is 0 Å². The van der Waals surface area contributed by atoms with Crippen LogP contribution in [0, 0.1) is 0 Å². The molecule has 1 fully saturated rings. The summed E-state index contributed by atoms with van der Waals surface area (Å²) in [5.74, 6) is 0.701. The van der Waals surface area contributed by atoms with Gasteiger partial charge in [0.25, 0.3) is 5.91 Å². The highest BCUT2D eigenvalue weighted by Crippen LogP contribution is 2.29. The largest absolute Gasteiger partial charge is 0.378 e. The number of carbonyl (C=O) groups excluding carboxylic acids is 1. The molecule has 4 rings (SSSR count). The van der Waals surface area contributed by atoms with E-state index in [0.717, 1.165) is 31.7 Å². The summed E-state index contributed by atoms with van der Waals surface area (Å²) in [6.45, 7) is 6.15. The first kappa shape index (κ1) is 19.9. The van der Waals surface area contributed by atoms with Gasteiger partial charge in [0.2, 0.25) is 0 Å². The van der Waals surface area contributed by atoms with Gasteiger partial charge >= 0.3 is 0 Å². The molecule has 0 saturated carbocycles. The van der Waals surface area contributed by atoms with Gasteiger partial charge in [-0.15, -0.1) is 0 Å². The number of ether oxygens (including phenoxy) is 1. The Balaban J connectivity index is 1.45. The third kappa shape index (κ3) is 4.46. The number of anilines is 1. The summed E-state index contributed by atoms with van der Waals surface area (Å²) >= 11 is 6.51. The Kier molecular flexibility index (Phi) is 6.16. The van der Waals surface area contributed by atoms with E-state index >= 15 is 0 Å². The molecular formula is C23H26ClN3O2. The van der Waals surface area contributed by atoms with Crippen LogP contribution < -0.4 is 4.90 Å². The Labute approximate surface area is 176 Å². The highest BCUT2D eigenvalue weighted by atomic mass is 35.5. The van der Waals surface area contributed by atoms with Crippen molar-refractivity contribution in [2.24, 2.45) is 0 Å². The Morgan fingerprint density at radius 2 is 1.93 bits per heavy atom. The number of morpholine rings is 1. The molecule has 5 nitrogen and oxygen atoms in total. The van der Waals surface area contributed by atoms with Crippen LogP contribution in [0.25, 0.3) is 5.57 Å². The second kappa shape index (κ2) is 8.97. The van der Waals surface area contributed by atoms with E-state index in [9.17, 15) is 4.79 Å². The molecule has 1 saturated heterocycles. The molecule has 0 atom stereocenters. The normalized spacial score (nSPS) is 17.2. The zero-order chi connectivity index (χ0) is 20.2. The monoisotopic (exact) mass is 411 g/mol. The van der Waals surface area contributed by atoms with E-state index in [4.69, 9.17) is 16.3 Å². The zero-order valence-corrected chi connectivity index (χ0v) is 17.5. The third-order valence-corrected chi connectivity index (χ3v) is 5.89. The van der Waals surface area contributed by atoms with Gasteiger partial charge in [0.05, 0.1) is 23.8 Å². The number of halogens is 1. The average Bonchev–Trinajstić information content (AvgIpc) is 2.79. The summed E-state index contributed by atoms with van der Waals surface area (Å²) in [5, 5.41) is 0.522. The molecule has 0 spiro atoms. The molecule has 2 aliphatic heterocycles. The fraction of sp³-hybridized carbons (Fsp3) is 0.391. The van der Waals surface area contributed by atoms with Gasteiger partial charge < -0.3 is 14.5 Å². The second-order valence-electron chi connectivity index (χ2n) is 7.41. The van der Waals surface area contributed by atoms with Crippen molar-refractivity contribution in [3.8, 4) is 0 Å². The van der Waals surface area contributed by atoms with E-state index in [1.54, 1.807) is 17.2 Å². The summed E-state index contributed by atoms with van der Waals surface area (Å²) in [6, 6.07) is 10.6. The lowest BCUT2D eigenvalue weighted by atomic mass is 9.98. The number of rotatable bonds is 4. The fourth-order valence-corrected chi connectivity index (χ4v) is 4.09. The van der Waals surface area contributed by atoms with Crippen LogP contribution >= 0.6 is 11.6 Å². The van der Waals surface area contributed by atoms with E-state index in [0.29, 0.717) is 36.9 Å². The molecule has 0 bridgehead atoms. The number of aromatic nitrogens is 1. The smallest absolute Gasteiger partial charge is 0.255 e. The lowest BCUT2D eigenvalue weighted by Gasteiger charge is -2.29. The Hall–Kier alpha value is -2.37. The number of carbonyl (C=O) groups is 1. The molecule has 152 valence electrons. The number of hydrogen-bond donors (Lipinski definition) is 0. The Bertz CT molecular complexity index is 905. The molecule has 0 unspecified atom stereocenters. The summed E-state index contributed by atoms with van der Waals surface area (Å²) < 4.78 is 5.31. The van der Waals surface area contributed by atoms with Crippen molar-refractivity contribution in [3.63, 3.8) is 0 Å². The number of amides is 1. The number of nitrogens with zero attached hydrogens (tertiary/aromatic N) is 3. The number of benzene rings is 1. The third-order valence-electron chi connectivity index (χ3n) is 5.61. The molecule has 1 amide bonds. The van der Waals surface area contributed by atoms with Gasteiger partial charge in [0.1, 0.15) is 5.82 Å². The van der Waals surface area contributed by atoms with E-state index in [2.05, 4.69) is 47.1 Å². The van der Waals surface area contributed by atoms with Crippen LogP contribution in [0.1, 0.15) is 34.8 Å². The molecule has 2 aromatic rings. The molecule has 0 aliphatic carbocycles. The minimum absolute atomic E-state index is 0.0365. The van der Waals surface area contributed by atoms with Gasteiger partial charge in [0, 0.05) is 32.4 Å². The van der Waals surface area contributed by atoms with E-state index in [1.807, 2.05) is 0 Å². The minimum atomic E-state index is -0.0365. The SMILES string of the molecule is CCc1ccc(C2=CCN(c3ncc(C(=O)N4CCOCC4)cc3Cl)CC2)cc1. The second-order valence-corrected chi connectivity index (χ2v) is 7.82. The first-order valence-corrected chi connectivity index (χ1v) is 10.6. The van der Waals surface area contributed by atoms with Crippen molar-refractivity contribution in [2.45, 2.75) is 19.8 Å². The van der Waals surface area contributed by atoms with E-state index < -0.39 is 0 Å².